The van der Waals surface area contributed by atoms with Gasteiger partial charge in [-0.15, -0.1) is 0 Å². The average molecular weight is 267 g/mol. The van der Waals surface area contributed by atoms with Crippen molar-refractivity contribution in [3.05, 3.63) is 0 Å². The molecule has 1 saturated heterocycles. The van der Waals surface area contributed by atoms with Crippen molar-refractivity contribution in [1.29, 1.82) is 0 Å². The number of rotatable bonds is 5. The molecule has 0 aromatic heterocycles. The Morgan fingerprint density at radius 2 is 1.63 bits per heavy atom. The Morgan fingerprint density at radius 1 is 1.11 bits per heavy atom. The zero-order valence-corrected chi connectivity index (χ0v) is 13.9. The highest BCUT2D eigenvalue weighted by atomic mass is 16.2. The highest BCUT2D eigenvalue weighted by molar-refractivity contribution is 5.80. The zero-order chi connectivity index (χ0) is 14.7. The Bertz CT molecular complexity index is 288. The first-order chi connectivity index (χ1) is 8.79. The topological polar surface area (TPSA) is 20.3 Å². The van der Waals surface area contributed by atoms with E-state index in [9.17, 15) is 4.79 Å². The van der Waals surface area contributed by atoms with Crippen LogP contribution >= 0.6 is 0 Å². The second-order valence-corrected chi connectivity index (χ2v) is 7.33. The molecule has 0 aromatic rings. The maximum atomic E-state index is 12.9. The number of nitrogens with zero attached hydrogens (tertiary/aromatic N) is 1. The van der Waals surface area contributed by atoms with E-state index in [0.717, 1.165) is 6.54 Å². The molecule has 0 radical (unpaired) electrons. The molecule has 0 spiro atoms. The third kappa shape index (κ3) is 3.73. The van der Waals surface area contributed by atoms with Crippen LogP contribution < -0.4 is 0 Å². The summed E-state index contributed by atoms with van der Waals surface area (Å²) in [6.45, 7) is 16.5. The number of carbonyl (C=O) groups is 1. The minimum Gasteiger partial charge on any atom is -0.339 e. The highest BCUT2D eigenvalue weighted by Gasteiger charge is 2.39. The molecule has 0 aliphatic carbocycles. The molecule has 0 bridgehead atoms. The van der Waals surface area contributed by atoms with Crippen molar-refractivity contribution in [2.24, 2.45) is 29.6 Å². The number of amides is 1. The van der Waals surface area contributed by atoms with Crippen LogP contribution in [0.25, 0.3) is 0 Å². The summed E-state index contributed by atoms with van der Waals surface area (Å²) >= 11 is 0. The van der Waals surface area contributed by atoms with Crippen molar-refractivity contribution in [2.75, 3.05) is 6.54 Å². The van der Waals surface area contributed by atoms with Gasteiger partial charge in [-0.3, -0.25) is 4.79 Å². The third-order valence-corrected chi connectivity index (χ3v) is 4.78. The molecule has 2 heteroatoms. The van der Waals surface area contributed by atoms with Gasteiger partial charge in [0.2, 0.25) is 5.91 Å². The first-order valence-corrected chi connectivity index (χ1v) is 8.10. The van der Waals surface area contributed by atoms with Gasteiger partial charge in [0.1, 0.15) is 0 Å². The van der Waals surface area contributed by atoms with E-state index < -0.39 is 0 Å². The molecule has 1 aliphatic rings. The summed E-state index contributed by atoms with van der Waals surface area (Å²) in [6.07, 6.45) is 2.39. The van der Waals surface area contributed by atoms with Crippen LogP contribution in [-0.2, 0) is 4.79 Å². The smallest absolute Gasteiger partial charge is 0.226 e. The molecule has 2 atom stereocenters. The second-order valence-electron chi connectivity index (χ2n) is 7.33. The molecule has 1 heterocycles. The molecular formula is C17H33NO. The maximum Gasteiger partial charge on any atom is 0.226 e. The van der Waals surface area contributed by atoms with Crippen molar-refractivity contribution in [2.45, 2.75) is 67.3 Å². The quantitative estimate of drug-likeness (QED) is 0.731. The first-order valence-electron chi connectivity index (χ1n) is 8.10. The largest absolute Gasteiger partial charge is 0.339 e. The van der Waals surface area contributed by atoms with Crippen LogP contribution in [0.15, 0.2) is 0 Å². The van der Waals surface area contributed by atoms with E-state index in [2.05, 4.69) is 53.4 Å². The number of hydrogen-bond acceptors (Lipinski definition) is 1. The molecule has 0 N–H and O–H groups in total. The lowest BCUT2D eigenvalue weighted by atomic mass is 9.84. The fourth-order valence-corrected chi connectivity index (χ4v) is 3.67. The minimum absolute atomic E-state index is 0.178. The Hall–Kier alpha value is -0.530. The van der Waals surface area contributed by atoms with Gasteiger partial charge in [-0.2, -0.15) is 0 Å². The fraction of sp³-hybridized carbons (Fsp3) is 0.941. The van der Waals surface area contributed by atoms with Crippen LogP contribution in [0.3, 0.4) is 0 Å². The molecule has 0 saturated carbocycles. The summed E-state index contributed by atoms with van der Waals surface area (Å²) in [4.78, 5) is 15.1. The van der Waals surface area contributed by atoms with E-state index in [0.29, 0.717) is 35.6 Å². The Labute approximate surface area is 119 Å². The molecule has 1 fully saturated rings. The summed E-state index contributed by atoms with van der Waals surface area (Å²) in [5.74, 6) is 2.72. The van der Waals surface area contributed by atoms with Gasteiger partial charge in [-0.25, -0.2) is 0 Å². The van der Waals surface area contributed by atoms with Gasteiger partial charge in [0.25, 0.3) is 0 Å². The van der Waals surface area contributed by atoms with Crippen LogP contribution in [0, 0.1) is 29.6 Å². The fourth-order valence-electron chi connectivity index (χ4n) is 3.67. The van der Waals surface area contributed by atoms with Crippen LogP contribution in [0.2, 0.25) is 0 Å². The number of likely N-dealkylation sites (tertiary alicyclic amines) is 1. The molecule has 1 unspecified atom stereocenters. The first kappa shape index (κ1) is 16.5. The number of carbonyl (C=O) groups excluding carboxylic acids is 1. The van der Waals surface area contributed by atoms with Crippen LogP contribution in [0.1, 0.15) is 61.3 Å². The summed E-state index contributed by atoms with van der Waals surface area (Å²) in [5.41, 5.74) is 0. The maximum absolute atomic E-state index is 12.9. The van der Waals surface area contributed by atoms with Gasteiger partial charge in [0, 0.05) is 18.5 Å². The van der Waals surface area contributed by atoms with Crippen molar-refractivity contribution in [3.63, 3.8) is 0 Å². The second kappa shape index (κ2) is 6.76. The summed E-state index contributed by atoms with van der Waals surface area (Å²) in [6, 6.07) is 0.456. The Balaban J connectivity index is 2.89. The zero-order valence-electron chi connectivity index (χ0n) is 13.9. The van der Waals surface area contributed by atoms with Crippen LogP contribution in [-0.4, -0.2) is 23.4 Å². The van der Waals surface area contributed by atoms with E-state index >= 15 is 0 Å². The molecule has 2 nitrogen and oxygen atoms in total. The monoisotopic (exact) mass is 267 g/mol. The van der Waals surface area contributed by atoms with Crippen LogP contribution in [0.4, 0.5) is 0 Å². The van der Waals surface area contributed by atoms with Gasteiger partial charge >= 0.3 is 0 Å². The lowest BCUT2D eigenvalue weighted by Crippen LogP contribution is -2.45. The Morgan fingerprint density at radius 3 is 2.00 bits per heavy atom. The molecule has 1 aliphatic heterocycles. The summed E-state index contributed by atoms with van der Waals surface area (Å²) < 4.78 is 0. The van der Waals surface area contributed by atoms with E-state index in [1.165, 1.54) is 12.8 Å². The number of hydrogen-bond donors (Lipinski definition) is 0. The van der Waals surface area contributed by atoms with Crippen molar-refractivity contribution in [1.82, 2.24) is 4.90 Å². The molecule has 1 rings (SSSR count). The average Bonchev–Trinajstić information content (AvgIpc) is 2.71. The minimum atomic E-state index is 0.178. The van der Waals surface area contributed by atoms with E-state index in [1.807, 2.05) is 0 Å². The lowest BCUT2D eigenvalue weighted by Gasteiger charge is -2.34. The van der Waals surface area contributed by atoms with E-state index in [4.69, 9.17) is 0 Å². The van der Waals surface area contributed by atoms with Crippen LogP contribution in [0.5, 0.6) is 0 Å². The normalized spacial score (nSPS) is 24.3. The van der Waals surface area contributed by atoms with Gasteiger partial charge < -0.3 is 4.90 Å². The molecule has 19 heavy (non-hydrogen) atoms. The standard InChI is InChI=1S/C17H33NO/c1-8-14-9-15(11(2)3)18(10-14)17(19)16(12(4)5)13(6)7/h11-16H,8-10H2,1-7H3/t14?,15-/m0/s1. The SMILES string of the molecule is CCC1C[C@@H](C(C)C)N(C(=O)C(C(C)C)C(C)C)C1. The predicted octanol–water partition coefficient (Wildman–Crippen LogP) is 4.20. The van der Waals surface area contributed by atoms with Gasteiger partial charge in [0.15, 0.2) is 0 Å². The lowest BCUT2D eigenvalue weighted by molar-refractivity contribution is -0.140. The van der Waals surface area contributed by atoms with Crippen molar-refractivity contribution >= 4 is 5.91 Å². The van der Waals surface area contributed by atoms with Gasteiger partial charge in [0.05, 0.1) is 0 Å². The van der Waals surface area contributed by atoms with Gasteiger partial charge in [-0.05, 0) is 30.1 Å². The van der Waals surface area contributed by atoms with E-state index in [1.54, 1.807) is 0 Å². The van der Waals surface area contributed by atoms with E-state index in [-0.39, 0.29) is 5.92 Å². The van der Waals surface area contributed by atoms with Crippen molar-refractivity contribution in [3.8, 4) is 0 Å². The highest BCUT2D eigenvalue weighted by Crippen LogP contribution is 2.34. The van der Waals surface area contributed by atoms with Gasteiger partial charge in [-0.1, -0.05) is 54.9 Å². The molecule has 1 amide bonds. The summed E-state index contributed by atoms with van der Waals surface area (Å²) in [7, 11) is 0. The Kier molecular flexibility index (Phi) is 5.88. The third-order valence-electron chi connectivity index (χ3n) is 4.78. The molecular weight excluding hydrogens is 234 g/mol. The molecule has 0 aromatic carbocycles. The van der Waals surface area contributed by atoms with Crippen molar-refractivity contribution < 1.29 is 4.79 Å². The summed E-state index contributed by atoms with van der Waals surface area (Å²) in [5, 5.41) is 0. The molecule has 112 valence electrons. The predicted molar refractivity (Wildman–Crippen MR) is 81.9 cm³/mol.